The number of nitrogens with zero attached hydrogens (tertiary/aromatic N) is 1. The van der Waals surface area contributed by atoms with Crippen molar-refractivity contribution in [2.75, 3.05) is 0 Å². The Morgan fingerprint density at radius 3 is 2.50 bits per heavy atom. The Morgan fingerprint density at radius 1 is 1.28 bits per heavy atom. The van der Waals surface area contributed by atoms with E-state index in [9.17, 15) is 10.0 Å². The largest absolute Gasteiger partial charge is 0.423 e. The van der Waals surface area contributed by atoms with Crippen LogP contribution < -0.4 is 4.73 Å². The summed E-state index contributed by atoms with van der Waals surface area (Å²) in [6.07, 6.45) is 3.42. The quantitative estimate of drug-likeness (QED) is 0.512. The molecule has 1 N–H and O–H groups in total. The lowest BCUT2D eigenvalue weighted by Crippen LogP contribution is -2.37. The fourth-order valence-electron chi connectivity index (χ4n) is 1.74. The first-order chi connectivity index (χ1) is 8.59. The molecule has 0 bridgehead atoms. The van der Waals surface area contributed by atoms with Gasteiger partial charge in [0.1, 0.15) is 0 Å². The number of Topliss-reactive ketones (excluding diaryl/α,β-unsaturated/α-hetero) is 1. The smallest absolute Gasteiger partial charge is 0.399 e. The Labute approximate surface area is 105 Å². The maximum Gasteiger partial charge on any atom is 0.423 e. The van der Waals surface area contributed by atoms with E-state index < -0.39 is 0 Å². The van der Waals surface area contributed by atoms with Gasteiger partial charge in [0.25, 0.3) is 0 Å². The lowest BCUT2D eigenvalue weighted by atomic mass is 10.2. The molecule has 1 aromatic heterocycles. The van der Waals surface area contributed by atoms with Crippen LogP contribution >= 0.6 is 0 Å². The van der Waals surface area contributed by atoms with Gasteiger partial charge in [0.15, 0.2) is 5.76 Å². The molecule has 0 saturated heterocycles. The molecule has 0 saturated carbocycles. The van der Waals surface area contributed by atoms with Crippen LogP contribution in [-0.4, -0.2) is 11.0 Å². The number of aromatic nitrogens is 1. The van der Waals surface area contributed by atoms with Crippen molar-refractivity contribution in [1.82, 2.24) is 0 Å². The molecule has 18 heavy (non-hydrogen) atoms. The molecule has 4 heteroatoms. The lowest BCUT2D eigenvalue weighted by Gasteiger charge is -1.88. The second-order valence-electron chi connectivity index (χ2n) is 3.96. The Balaban J connectivity index is 2.34. The van der Waals surface area contributed by atoms with Gasteiger partial charge in [0.05, 0.1) is 10.8 Å². The van der Waals surface area contributed by atoms with E-state index in [0.29, 0.717) is 5.76 Å². The fourth-order valence-corrected chi connectivity index (χ4v) is 1.74. The first-order valence-corrected chi connectivity index (χ1v) is 5.58. The van der Waals surface area contributed by atoms with Crippen LogP contribution in [0.5, 0.6) is 0 Å². The minimum absolute atomic E-state index is 0.169. The van der Waals surface area contributed by atoms with Crippen molar-refractivity contribution in [2.45, 2.75) is 13.8 Å². The number of aryl methyl sites for hydroxylation is 1. The third kappa shape index (κ3) is 2.32. The molecule has 2 rings (SSSR count). The standard InChI is InChI=1S/C14H14NO3/c1-10(16)14-11(2)18-13(15(14)17)9-8-12-6-4-3-5-7-12/h3-9,17H,1-2H3/q+1/b9-8+. The lowest BCUT2D eigenvalue weighted by molar-refractivity contribution is -0.908. The van der Waals surface area contributed by atoms with Crippen molar-refractivity contribution in [3.63, 3.8) is 0 Å². The molecular weight excluding hydrogens is 230 g/mol. The predicted octanol–water partition coefficient (Wildman–Crippen LogP) is 2.49. The van der Waals surface area contributed by atoms with Crippen LogP contribution in [0.25, 0.3) is 12.2 Å². The van der Waals surface area contributed by atoms with Crippen molar-refractivity contribution < 1.29 is 19.1 Å². The van der Waals surface area contributed by atoms with Gasteiger partial charge >= 0.3 is 11.6 Å². The van der Waals surface area contributed by atoms with E-state index in [1.54, 1.807) is 19.1 Å². The molecule has 1 aromatic carbocycles. The third-order valence-electron chi connectivity index (χ3n) is 2.56. The van der Waals surface area contributed by atoms with Crippen molar-refractivity contribution in [3.05, 3.63) is 53.2 Å². The molecule has 0 atom stereocenters. The van der Waals surface area contributed by atoms with E-state index in [0.717, 1.165) is 10.3 Å². The topological polar surface area (TPSA) is 54.3 Å². The van der Waals surface area contributed by atoms with E-state index in [2.05, 4.69) is 0 Å². The molecule has 0 spiro atoms. The van der Waals surface area contributed by atoms with E-state index in [4.69, 9.17) is 4.42 Å². The van der Waals surface area contributed by atoms with Crippen LogP contribution in [0.4, 0.5) is 0 Å². The van der Waals surface area contributed by atoms with Crippen molar-refractivity contribution >= 4 is 17.9 Å². The highest BCUT2D eigenvalue weighted by Gasteiger charge is 2.28. The first kappa shape index (κ1) is 12.1. The highest BCUT2D eigenvalue weighted by Crippen LogP contribution is 2.11. The van der Waals surface area contributed by atoms with Crippen molar-refractivity contribution in [2.24, 2.45) is 0 Å². The maximum absolute atomic E-state index is 11.3. The summed E-state index contributed by atoms with van der Waals surface area (Å²) in [6.45, 7) is 3.03. The number of ketones is 1. The van der Waals surface area contributed by atoms with Crippen LogP contribution in [-0.2, 0) is 0 Å². The van der Waals surface area contributed by atoms with Crippen molar-refractivity contribution in [3.8, 4) is 0 Å². The van der Waals surface area contributed by atoms with Crippen LogP contribution in [0.3, 0.4) is 0 Å². The van der Waals surface area contributed by atoms with Gasteiger partial charge in [-0.05, 0) is 11.6 Å². The van der Waals surface area contributed by atoms with Gasteiger partial charge in [-0.3, -0.25) is 10.0 Å². The fraction of sp³-hybridized carbons (Fsp3) is 0.143. The highest BCUT2D eigenvalue weighted by molar-refractivity contribution is 5.91. The molecule has 0 amide bonds. The number of carbonyl (C=O) groups is 1. The average Bonchev–Trinajstić information content (AvgIpc) is 2.63. The van der Waals surface area contributed by atoms with Gasteiger partial charge in [-0.1, -0.05) is 30.3 Å². The number of rotatable bonds is 3. The number of oxazole rings is 1. The molecule has 0 aliphatic rings. The molecule has 0 aliphatic carbocycles. The summed E-state index contributed by atoms with van der Waals surface area (Å²) in [4.78, 5) is 11.3. The molecule has 2 aromatic rings. The van der Waals surface area contributed by atoms with Crippen LogP contribution in [0.2, 0.25) is 0 Å². The molecule has 4 nitrogen and oxygen atoms in total. The molecule has 1 heterocycles. The zero-order valence-corrected chi connectivity index (χ0v) is 10.3. The zero-order valence-electron chi connectivity index (χ0n) is 10.3. The SMILES string of the molecule is CC(=O)c1c(C)oc(/C=C/c2ccccc2)[n+]1O. The average molecular weight is 244 g/mol. The first-order valence-electron chi connectivity index (χ1n) is 5.58. The molecular formula is C14H14NO3+. The summed E-state index contributed by atoms with van der Waals surface area (Å²) in [5.74, 6) is 0.386. The second-order valence-corrected chi connectivity index (χ2v) is 3.96. The molecule has 0 radical (unpaired) electrons. The Kier molecular flexibility index (Phi) is 3.28. The Hall–Kier alpha value is -2.36. The summed E-state index contributed by atoms with van der Waals surface area (Å²) in [5.41, 5.74) is 1.15. The van der Waals surface area contributed by atoms with Crippen LogP contribution in [0.1, 0.15) is 34.6 Å². The van der Waals surface area contributed by atoms with E-state index >= 15 is 0 Å². The normalized spacial score (nSPS) is 11.0. The van der Waals surface area contributed by atoms with Gasteiger partial charge in [-0.15, -0.1) is 0 Å². The number of carbonyl (C=O) groups excluding carboxylic acids is 1. The predicted molar refractivity (Wildman–Crippen MR) is 66.2 cm³/mol. The summed E-state index contributed by atoms with van der Waals surface area (Å²) < 4.78 is 6.11. The van der Waals surface area contributed by atoms with E-state index in [-0.39, 0.29) is 17.4 Å². The summed E-state index contributed by atoms with van der Waals surface area (Å²) in [7, 11) is 0. The van der Waals surface area contributed by atoms with E-state index in [1.165, 1.54) is 6.92 Å². The Bertz CT molecular complexity index is 597. The molecule has 0 fully saturated rings. The molecule has 92 valence electrons. The van der Waals surface area contributed by atoms with Crippen molar-refractivity contribution in [1.29, 1.82) is 0 Å². The van der Waals surface area contributed by atoms with Crippen LogP contribution in [0.15, 0.2) is 34.7 Å². The molecule has 0 aliphatic heterocycles. The van der Waals surface area contributed by atoms with Gasteiger partial charge < -0.3 is 4.42 Å². The Morgan fingerprint density at radius 2 is 1.94 bits per heavy atom. The van der Waals surface area contributed by atoms with Gasteiger partial charge in [-0.25, -0.2) is 0 Å². The number of hydrogen-bond acceptors (Lipinski definition) is 3. The number of benzene rings is 1. The van der Waals surface area contributed by atoms with Gasteiger partial charge in [0.2, 0.25) is 5.78 Å². The highest BCUT2D eigenvalue weighted by atomic mass is 16.5. The van der Waals surface area contributed by atoms with Crippen LogP contribution in [0, 0.1) is 6.92 Å². The summed E-state index contributed by atoms with van der Waals surface area (Å²) >= 11 is 0. The van der Waals surface area contributed by atoms with Gasteiger partial charge in [-0.2, -0.15) is 0 Å². The summed E-state index contributed by atoms with van der Waals surface area (Å²) in [6, 6.07) is 9.62. The second kappa shape index (κ2) is 4.87. The minimum atomic E-state index is -0.238. The zero-order chi connectivity index (χ0) is 13.1. The number of hydrogen-bond donors (Lipinski definition) is 1. The van der Waals surface area contributed by atoms with Gasteiger partial charge in [0, 0.05) is 13.8 Å². The van der Waals surface area contributed by atoms with E-state index in [1.807, 2.05) is 30.3 Å². The third-order valence-corrected chi connectivity index (χ3v) is 2.56. The minimum Gasteiger partial charge on any atom is -0.399 e. The molecule has 0 unspecified atom stereocenters. The maximum atomic E-state index is 11.3. The monoisotopic (exact) mass is 244 g/mol. The summed E-state index contributed by atoms with van der Waals surface area (Å²) in [5, 5.41) is 9.81.